The van der Waals surface area contributed by atoms with Gasteiger partial charge in [-0.15, -0.1) is 0 Å². The zero-order valence-corrected chi connectivity index (χ0v) is 18.6. The molecule has 0 radical (unpaired) electrons. The summed E-state index contributed by atoms with van der Waals surface area (Å²) in [6.45, 7) is 3.89. The van der Waals surface area contributed by atoms with Gasteiger partial charge < -0.3 is 14.6 Å². The van der Waals surface area contributed by atoms with Crippen molar-refractivity contribution in [1.29, 1.82) is 0 Å². The fourth-order valence-corrected chi connectivity index (χ4v) is 4.52. The Balaban J connectivity index is 1.64. The van der Waals surface area contributed by atoms with Gasteiger partial charge in [0.1, 0.15) is 6.54 Å². The number of rotatable bonds is 6. The van der Waals surface area contributed by atoms with Gasteiger partial charge >= 0.3 is 5.97 Å². The van der Waals surface area contributed by atoms with Crippen molar-refractivity contribution in [1.82, 2.24) is 9.55 Å². The third-order valence-electron chi connectivity index (χ3n) is 4.83. The molecule has 8 heteroatoms. The number of amides is 1. The minimum absolute atomic E-state index is 0.0339. The third-order valence-corrected chi connectivity index (χ3v) is 6.00. The Morgan fingerprint density at radius 1 is 1.16 bits per heavy atom. The van der Waals surface area contributed by atoms with Gasteiger partial charge in [-0.3, -0.25) is 4.79 Å². The van der Waals surface area contributed by atoms with Crippen LogP contribution >= 0.6 is 22.9 Å². The summed E-state index contributed by atoms with van der Waals surface area (Å²) in [5.74, 6) is -0.643. The van der Waals surface area contributed by atoms with Gasteiger partial charge in [0.05, 0.1) is 22.4 Å². The Bertz CT molecular complexity index is 1260. The van der Waals surface area contributed by atoms with E-state index in [0.717, 1.165) is 21.5 Å². The molecule has 0 aliphatic heterocycles. The molecule has 0 saturated carbocycles. The van der Waals surface area contributed by atoms with E-state index in [1.807, 2.05) is 54.0 Å². The molecule has 0 fully saturated rings. The summed E-state index contributed by atoms with van der Waals surface area (Å²) in [7, 11) is 0. The number of fused-ring (bicyclic) bond motifs is 1. The molecule has 0 spiro atoms. The first-order chi connectivity index (χ1) is 15.0. The van der Waals surface area contributed by atoms with Crippen molar-refractivity contribution < 1.29 is 14.3 Å². The molecule has 2 aromatic carbocycles. The van der Waals surface area contributed by atoms with Crippen LogP contribution in [0.5, 0.6) is 0 Å². The minimum Gasteiger partial charge on any atom is -0.462 e. The fourth-order valence-electron chi connectivity index (χ4n) is 3.37. The van der Waals surface area contributed by atoms with E-state index in [2.05, 4.69) is 10.3 Å². The van der Waals surface area contributed by atoms with E-state index >= 15 is 0 Å². The standard InChI is InChI=1S/C23H20ClN3O3S/c1-3-30-22(29)17-12-19(15-7-5-4-6-8-15)27(14(17)2)13-21(28)26-23-25-18-10-9-16(24)11-20(18)31-23/h4-12H,3,13H2,1-2H3,(H,25,26,28). The monoisotopic (exact) mass is 453 g/mol. The number of carbonyl (C=O) groups is 2. The van der Waals surface area contributed by atoms with Crippen LogP contribution in [-0.2, 0) is 16.1 Å². The van der Waals surface area contributed by atoms with Crippen LogP contribution in [0.25, 0.3) is 21.5 Å². The zero-order chi connectivity index (χ0) is 22.0. The molecule has 0 saturated heterocycles. The highest BCUT2D eigenvalue weighted by Gasteiger charge is 2.21. The number of thiazole rings is 1. The SMILES string of the molecule is CCOC(=O)c1cc(-c2ccccc2)n(CC(=O)Nc2nc3ccc(Cl)cc3s2)c1C. The molecule has 0 atom stereocenters. The number of hydrogen-bond donors (Lipinski definition) is 1. The lowest BCUT2D eigenvalue weighted by Gasteiger charge is -2.11. The number of ether oxygens (including phenoxy) is 1. The molecule has 6 nitrogen and oxygen atoms in total. The molecular formula is C23H20ClN3O3S. The van der Waals surface area contributed by atoms with Crippen LogP contribution in [0.2, 0.25) is 5.02 Å². The number of anilines is 1. The van der Waals surface area contributed by atoms with Crippen LogP contribution in [-0.4, -0.2) is 28.0 Å². The first kappa shape index (κ1) is 21.1. The number of halogens is 1. The highest BCUT2D eigenvalue weighted by Crippen LogP contribution is 2.29. The molecular weight excluding hydrogens is 434 g/mol. The van der Waals surface area contributed by atoms with Crippen LogP contribution < -0.4 is 5.32 Å². The average Bonchev–Trinajstić information content (AvgIpc) is 3.29. The number of benzene rings is 2. The van der Waals surface area contributed by atoms with Crippen molar-refractivity contribution in [2.75, 3.05) is 11.9 Å². The quantitative estimate of drug-likeness (QED) is 0.389. The summed E-state index contributed by atoms with van der Waals surface area (Å²) in [5.41, 5.74) is 3.57. The maximum absolute atomic E-state index is 12.9. The van der Waals surface area contributed by atoms with Crippen molar-refractivity contribution in [3.63, 3.8) is 0 Å². The molecule has 0 unspecified atom stereocenters. The molecule has 158 valence electrons. The summed E-state index contributed by atoms with van der Waals surface area (Å²) in [5, 5.41) is 3.98. The van der Waals surface area contributed by atoms with Gasteiger partial charge in [-0.2, -0.15) is 0 Å². The van der Waals surface area contributed by atoms with E-state index in [-0.39, 0.29) is 19.1 Å². The van der Waals surface area contributed by atoms with Crippen molar-refractivity contribution in [3.8, 4) is 11.3 Å². The smallest absolute Gasteiger partial charge is 0.339 e. The average molecular weight is 454 g/mol. The van der Waals surface area contributed by atoms with Crippen LogP contribution in [0.15, 0.2) is 54.6 Å². The van der Waals surface area contributed by atoms with E-state index in [9.17, 15) is 9.59 Å². The molecule has 0 aliphatic rings. The zero-order valence-electron chi connectivity index (χ0n) is 17.0. The van der Waals surface area contributed by atoms with E-state index < -0.39 is 5.97 Å². The second-order valence-electron chi connectivity index (χ2n) is 6.88. The summed E-state index contributed by atoms with van der Waals surface area (Å²) in [6, 6.07) is 16.8. The minimum atomic E-state index is -0.403. The summed E-state index contributed by atoms with van der Waals surface area (Å²) in [4.78, 5) is 29.7. The Kier molecular flexibility index (Phi) is 6.06. The third kappa shape index (κ3) is 4.47. The first-order valence-electron chi connectivity index (χ1n) is 9.75. The topological polar surface area (TPSA) is 73.2 Å². The number of nitrogens with zero attached hydrogens (tertiary/aromatic N) is 2. The number of nitrogens with one attached hydrogen (secondary N) is 1. The van der Waals surface area contributed by atoms with Crippen molar-refractivity contribution in [2.24, 2.45) is 0 Å². The fraction of sp³-hybridized carbons (Fsp3) is 0.174. The normalized spacial score (nSPS) is 10.9. The van der Waals surface area contributed by atoms with Crippen molar-refractivity contribution >= 4 is 50.2 Å². The number of esters is 1. The predicted octanol–water partition coefficient (Wildman–Crippen LogP) is 5.54. The van der Waals surface area contributed by atoms with Gasteiger partial charge in [0.25, 0.3) is 0 Å². The number of carbonyl (C=O) groups excluding carboxylic acids is 2. The summed E-state index contributed by atoms with van der Waals surface area (Å²) < 4.78 is 7.90. The molecule has 1 amide bonds. The maximum Gasteiger partial charge on any atom is 0.339 e. The summed E-state index contributed by atoms with van der Waals surface area (Å²) >= 11 is 7.40. The van der Waals surface area contributed by atoms with E-state index in [1.54, 1.807) is 19.1 Å². The molecule has 0 aliphatic carbocycles. The lowest BCUT2D eigenvalue weighted by Crippen LogP contribution is -2.20. The predicted molar refractivity (Wildman–Crippen MR) is 124 cm³/mol. The molecule has 1 N–H and O–H groups in total. The Hall–Kier alpha value is -3.16. The second-order valence-corrected chi connectivity index (χ2v) is 8.35. The van der Waals surface area contributed by atoms with Crippen LogP contribution in [0, 0.1) is 6.92 Å². The van der Waals surface area contributed by atoms with E-state index in [1.165, 1.54) is 11.3 Å². The molecule has 2 heterocycles. The Morgan fingerprint density at radius 3 is 2.68 bits per heavy atom. The highest BCUT2D eigenvalue weighted by molar-refractivity contribution is 7.22. The largest absolute Gasteiger partial charge is 0.462 e. The first-order valence-corrected chi connectivity index (χ1v) is 10.9. The van der Waals surface area contributed by atoms with Crippen molar-refractivity contribution in [2.45, 2.75) is 20.4 Å². The molecule has 31 heavy (non-hydrogen) atoms. The van der Waals surface area contributed by atoms with Gasteiger partial charge in [-0.1, -0.05) is 53.3 Å². The highest BCUT2D eigenvalue weighted by atomic mass is 35.5. The van der Waals surface area contributed by atoms with E-state index in [0.29, 0.717) is 21.4 Å². The maximum atomic E-state index is 12.9. The molecule has 4 rings (SSSR count). The molecule has 0 bridgehead atoms. The lowest BCUT2D eigenvalue weighted by atomic mass is 10.1. The van der Waals surface area contributed by atoms with E-state index in [4.69, 9.17) is 16.3 Å². The number of aromatic nitrogens is 2. The van der Waals surface area contributed by atoms with Crippen LogP contribution in [0.4, 0.5) is 5.13 Å². The van der Waals surface area contributed by atoms with Gasteiger partial charge in [0, 0.05) is 16.4 Å². The Labute approximate surface area is 188 Å². The van der Waals surface area contributed by atoms with Gasteiger partial charge in [0.2, 0.25) is 5.91 Å². The number of hydrogen-bond acceptors (Lipinski definition) is 5. The van der Waals surface area contributed by atoms with Gasteiger partial charge in [0.15, 0.2) is 5.13 Å². The van der Waals surface area contributed by atoms with Gasteiger partial charge in [-0.25, -0.2) is 9.78 Å². The Morgan fingerprint density at radius 2 is 1.94 bits per heavy atom. The van der Waals surface area contributed by atoms with Crippen LogP contribution in [0.1, 0.15) is 23.0 Å². The van der Waals surface area contributed by atoms with Gasteiger partial charge in [-0.05, 0) is 43.7 Å². The van der Waals surface area contributed by atoms with Crippen molar-refractivity contribution in [3.05, 3.63) is 70.9 Å². The summed E-state index contributed by atoms with van der Waals surface area (Å²) in [6.07, 6.45) is 0. The molecule has 2 aromatic heterocycles. The second kappa shape index (κ2) is 8.91. The van der Waals surface area contributed by atoms with Crippen LogP contribution in [0.3, 0.4) is 0 Å². The lowest BCUT2D eigenvalue weighted by molar-refractivity contribution is -0.116. The molecule has 4 aromatic rings.